The quantitative estimate of drug-likeness (QED) is 0.887. The minimum atomic E-state index is -0.726. The Bertz CT molecular complexity index is 508. The van der Waals surface area contributed by atoms with Gasteiger partial charge in [-0.3, -0.25) is 9.78 Å². The van der Waals surface area contributed by atoms with E-state index < -0.39 is 11.4 Å². The molecule has 1 N–H and O–H groups in total. The van der Waals surface area contributed by atoms with E-state index in [2.05, 4.69) is 4.98 Å². The van der Waals surface area contributed by atoms with Gasteiger partial charge in [0, 0.05) is 29.4 Å². The molecule has 1 aromatic heterocycles. The van der Waals surface area contributed by atoms with E-state index in [-0.39, 0.29) is 5.92 Å². The summed E-state index contributed by atoms with van der Waals surface area (Å²) in [7, 11) is 1.64. The van der Waals surface area contributed by atoms with Crippen LogP contribution in [0.5, 0.6) is 5.75 Å². The van der Waals surface area contributed by atoms with Crippen molar-refractivity contribution in [2.45, 2.75) is 40.0 Å². The van der Waals surface area contributed by atoms with Crippen LogP contribution in [-0.2, 0) is 11.2 Å². The molecule has 1 aliphatic carbocycles. The summed E-state index contributed by atoms with van der Waals surface area (Å²) in [4.78, 5) is 16.0. The molecule has 1 aliphatic rings. The number of ether oxygens (including phenoxy) is 1. The monoisotopic (exact) mass is 263 g/mol. The number of aliphatic carboxylic acids is 1. The first kappa shape index (κ1) is 13.8. The third-order valence-corrected chi connectivity index (χ3v) is 4.25. The number of carbonyl (C=O) groups is 1. The van der Waals surface area contributed by atoms with E-state index in [4.69, 9.17) is 4.74 Å². The Balaban J connectivity index is 2.35. The molecule has 0 spiro atoms. The Labute approximate surface area is 113 Å². The van der Waals surface area contributed by atoms with Gasteiger partial charge in [-0.25, -0.2) is 0 Å². The Morgan fingerprint density at radius 3 is 2.63 bits per heavy atom. The van der Waals surface area contributed by atoms with Crippen LogP contribution in [0.3, 0.4) is 0 Å². The number of aryl methyl sites for hydroxylation is 1. The van der Waals surface area contributed by atoms with Gasteiger partial charge in [-0.1, -0.05) is 0 Å². The summed E-state index contributed by atoms with van der Waals surface area (Å²) in [5, 5.41) is 9.52. The van der Waals surface area contributed by atoms with Gasteiger partial charge in [0.25, 0.3) is 0 Å². The van der Waals surface area contributed by atoms with E-state index in [1.807, 2.05) is 20.8 Å². The van der Waals surface area contributed by atoms with Crippen LogP contribution in [0.25, 0.3) is 0 Å². The lowest BCUT2D eigenvalue weighted by Gasteiger charge is -2.25. The van der Waals surface area contributed by atoms with Crippen LogP contribution in [0.4, 0.5) is 0 Å². The van der Waals surface area contributed by atoms with Gasteiger partial charge in [0.05, 0.1) is 12.5 Å². The van der Waals surface area contributed by atoms with Crippen LogP contribution in [0.15, 0.2) is 6.20 Å². The van der Waals surface area contributed by atoms with Crippen LogP contribution >= 0.6 is 0 Å². The molecule has 1 unspecified atom stereocenters. The second kappa shape index (κ2) is 4.83. The SMILES string of the molecule is COc1c(C)cnc(CC(C)(C(=O)O)C2CC2)c1C. The lowest BCUT2D eigenvalue weighted by atomic mass is 9.79. The van der Waals surface area contributed by atoms with Gasteiger partial charge in [-0.2, -0.15) is 0 Å². The maximum Gasteiger partial charge on any atom is 0.310 e. The molecule has 2 rings (SSSR count). The van der Waals surface area contributed by atoms with Crippen molar-refractivity contribution in [3.05, 3.63) is 23.0 Å². The molecule has 19 heavy (non-hydrogen) atoms. The Kier molecular flexibility index (Phi) is 3.52. The van der Waals surface area contributed by atoms with E-state index in [0.717, 1.165) is 35.4 Å². The molecule has 1 saturated carbocycles. The zero-order chi connectivity index (χ0) is 14.2. The average Bonchev–Trinajstić information content (AvgIpc) is 3.17. The highest BCUT2D eigenvalue weighted by atomic mass is 16.5. The van der Waals surface area contributed by atoms with Crippen LogP contribution in [0.2, 0.25) is 0 Å². The van der Waals surface area contributed by atoms with Crippen molar-refractivity contribution in [3.8, 4) is 5.75 Å². The third kappa shape index (κ3) is 2.44. The summed E-state index contributed by atoms with van der Waals surface area (Å²) >= 11 is 0. The van der Waals surface area contributed by atoms with E-state index in [0.29, 0.717) is 6.42 Å². The Morgan fingerprint density at radius 1 is 1.53 bits per heavy atom. The van der Waals surface area contributed by atoms with Gasteiger partial charge >= 0.3 is 5.97 Å². The Hall–Kier alpha value is -1.58. The molecule has 1 heterocycles. The fraction of sp³-hybridized carbons (Fsp3) is 0.600. The molecule has 104 valence electrons. The predicted molar refractivity (Wildman–Crippen MR) is 72.4 cm³/mol. The van der Waals surface area contributed by atoms with Crippen molar-refractivity contribution in [3.63, 3.8) is 0 Å². The molecule has 0 saturated heterocycles. The molecule has 0 aromatic carbocycles. The first-order valence-corrected chi connectivity index (χ1v) is 6.62. The fourth-order valence-electron chi connectivity index (χ4n) is 2.71. The summed E-state index contributed by atoms with van der Waals surface area (Å²) in [5.41, 5.74) is 2.06. The first-order valence-electron chi connectivity index (χ1n) is 6.62. The van der Waals surface area contributed by atoms with Gasteiger partial charge < -0.3 is 9.84 Å². The van der Waals surface area contributed by atoms with Gasteiger partial charge in [0.2, 0.25) is 0 Å². The number of rotatable bonds is 5. The van der Waals surface area contributed by atoms with Crippen molar-refractivity contribution < 1.29 is 14.6 Å². The number of methoxy groups -OCH3 is 1. The molecule has 4 nitrogen and oxygen atoms in total. The second-order valence-electron chi connectivity index (χ2n) is 5.72. The minimum Gasteiger partial charge on any atom is -0.496 e. The maximum absolute atomic E-state index is 11.6. The zero-order valence-corrected chi connectivity index (χ0v) is 12.0. The van der Waals surface area contributed by atoms with E-state index in [9.17, 15) is 9.90 Å². The second-order valence-corrected chi connectivity index (χ2v) is 5.72. The van der Waals surface area contributed by atoms with E-state index in [1.54, 1.807) is 13.3 Å². The van der Waals surface area contributed by atoms with E-state index >= 15 is 0 Å². The molecule has 0 aliphatic heterocycles. The lowest BCUT2D eigenvalue weighted by Crippen LogP contribution is -2.33. The molecule has 4 heteroatoms. The molecule has 0 radical (unpaired) electrons. The summed E-state index contributed by atoms with van der Waals surface area (Å²) in [6, 6.07) is 0. The molecular formula is C15H21NO3. The maximum atomic E-state index is 11.6. The van der Waals surface area contributed by atoms with Crippen molar-refractivity contribution in [1.29, 1.82) is 0 Å². The van der Waals surface area contributed by atoms with Gasteiger partial charge in [-0.05, 0) is 39.5 Å². The molecule has 0 amide bonds. The fourth-order valence-corrected chi connectivity index (χ4v) is 2.71. The van der Waals surface area contributed by atoms with Gasteiger partial charge in [0.15, 0.2) is 0 Å². The standard InChI is InChI=1S/C15H21NO3/c1-9-8-16-12(10(2)13(9)19-4)7-15(3,14(17)18)11-5-6-11/h8,11H,5-7H2,1-4H3,(H,17,18). The summed E-state index contributed by atoms with van der Waals surface area (Å²) in [5.74, 6) is 0.364. The summed E-state index contributed by atoms with van der Waals surface area (Å²) in [6.45, 7) is 5.73. The third-order valence-electron chi connectivity index (χ3n) is 4.25. The molecule has 1 atom stereocenters. The number of carboxylic acid groups (broad SMARTS) is 1. The molecular weight excluding hydrogens is 242 g/mol. The van der Waals surface area contributed by atoms with Crippen molar-refractivity contribution in [2.24, 2.45) is 11.3 Å². The molecule has 1 fully saturated rings. The highest BCUT2D eigenvalue weighted by Gasteiger charge is 2.47. The zero-order valence-electron chi connectivity index (χ0n) is 12.0. The van der Waals surface area contributed by atoms with Crippen LogP contribution in [0.1, 0.15) is 36.6 Å². The largest absolute Gasteiger partial charge is 0.496 e. The number of hydrogen-bond donors (Lipinski definition) is 1. The summed E-state index contributed by atoms with van der Waals surface area (Å²) in [6.07, 6.45) is 4.24. The number of carboxylic acids is 1. The topological polar surface area (TPSA) is 59.4 Å². The van der Waals surface area contributed by atoms with Gasteiger partial charge in [0.1, 0.15) is 5.75 Å². The smallest absolute Gasteiger partial charge is 0.310 e. The Morgan fingerprint density at radius 2 is 2.16 bits per heavy atom. The first-order chi connectivity index (χ1) is 8.90. The van der Waals surface area contributed by atoms with Crippen molar-refractivity contribution in [2.75, 3.05) is 7.11 Å². The number of hydrogen-bond acceptors (Lipinski definition) is 3. The van der Waals surface area contributed by atoms with Crippen LogP contribution in [0, 0.1) is 25.2 Å². The highest BCUT2D eigenvalue weighted by molar-refractivity contribution is 5.75. The average molecular weight is 263 g/mol. The number of aromatic nitrogens is 1. The van der Waals surface area contributed by atoms with Crippen LogP contribution in [-0.4, -0.2) is 23.2 Å². The number of nitrogens with zero attached hydrogens (tertiary/aromatic N) is 1. The minimum absolute atomic E-state index is 0.276. The normalized spacial score (nSPS) is 17.9. The van der Waals surface area contributed by atoms with Crippen molar-refractivity contribution >= 4 is 5.97 Å². The summed E-state index contributed by atoms with van der Waals surface area (Å²) < 4.78 is 5.38. The molecule has 0 bridgehead atoms. The highest BCUT2D eigenvalue weighted by Crippen LogP contribution is 2.48. The van der Waals surface area contributed by atoms with Crippen molar-refractivity contribution in [1.82, 2.24) is 4.98 Å². The molecule has 1 aromatic rings. The predicted octanol–water partition coefficient (Wildman–Crippen LogP) is 2.75. The lowest BCUT2D eigenvalue weighted by molar-refractivity contribution is -0.149. The van der Waals surface area contributed by atoms with Crippen LogP contribution < -0.4 is 4.74 Å². The van der Waals surface area contributed by atoms with E-state index in [1.165, 1.54) is 0 Å². The van der Waals surface area contributed by atoms with Gasteiger partial charge in [-0.15, -0.1) is 0 Å². The number of pyridine rings is 1.